The molecule has 5 nitrogen and oxygen atoms in total. The van der Waals surface area contributed by atoms with Gasteiger partial charge in [0.25, 0.3) is 0 Å². The van der Waals surface area contributed by atoms with Crippen LogP contribution in [0.5, 0.6) is 11.5 Å². The van der Waals surface area contributed by atoms with Crippen LogP contribution in [0.2, 0.25) is 5.02 Å². The van der Waals surface area contributed by atoms with Crippen molar-refractivity contribution < 1.29 is 23.8 Å². The van der Waals surface area contributed by atoms with Gasteiger partial charge in [-0.3, -0.25) is 9.59 Å². The second-order valence-electron chi connectivity index (χ2n) is 4.34. The summed E-state index contributed by atoms with van der Waals surface area (Å²) >= 11 is 6.00. The van der Waals surface area contributed by atoms with Gasteiger partial charge < -0.3 is 14.2 Å². The van der Waals surface area contributed by atoms with Crippen LogP contribution in [0, 0.1) is 0 Å². The molecule has 0 N–H and O–H groups in total. The van der Waals surface area contributed by atoms with Crippen molar-refractivity contribution in [3.05, 3.63) is 22.7 Å². The number of esters is 1. The van der Waals surface area contributed by atoms with Crippen LogP contribution in [0.3, 0.4) is 0 Å². The molecule has 1 heterocycles. The Morgan fingerprint density at radius 3 is 2.85 bits per heavy atom. The van der Waals surface area contributed by atoms with E-state index in [2.05, 4.69) is 0 Å². The van der Waals surface area contributed by atoms with Gasteiger partial charge in [0.05, 0.1) is 18.1 Å². The van der Waals surface area contributed by atoms with Crippen molar-refractivity contribution in [1.82, 2.24) is 0 Å². The first-order valence-electron chi connectivity index (χ1n) is 6.39. The topological polar surface area (TPSA) is 61.8 Å². The molecule has 0 radical (unpaired) electrons. The lowest BCUT2D eigenvalue weighted by Crippen LogP contribution is -2.08. The number of carbonyl (C=O) groups is 2. The Hall–Kier alpha value is -1.75. The first kappa shape index (κ1) is 14.7. The lowest BCUT2D eigenvalue weighted by molar-refractivity contribution is -0.143. The molecule has 0 amide bonds. The van der Waals surface area contributed by atoms with Crippen molar-refractivity contribution in [1.29, 1.82) is 0 Å². The SMILES string of the molecule is CCCOC(=O)CCC(=O)c1cc(Cl)c2c(c1)OCO2. The molecule has 2 rings (SSSR count). The number of ketones is 1. The summed E-state index contributed by atoms with van der Waals surface area (Å²) in [5.74, 6) is 0.352. The van der Waals surface area contributed by atoms with Crippen molar-refractivity contribution in [2.45, 2.75) is 26.2 Å². The fourth-order valence-corrected chi connectivity index (χ4v) is 2.04. The lowest BCUT2D eigenvalue weighted by atomic mass is 10.1. The van der Waals surface area contributed by atoms with Crippen molar-refractivity contribution in [3.63, 3.8) is 0 Å². The molecule has 1 aliphatic rings. The molecule has 0 saturated heterocycles. The van der Waals surface area contributed by atoms with Gasteiger partial charge >= 0.3 is 5.97 Å². The number of carbonyl (C=O) groups excluding carboxylic acids is 2. The standard InChI is InChI=1S/C14H15ClO5/c1-2-5-18-13(17)4-3-11(16)9-6-10(15)14-12(7-9)19-8-20-14/h6-7H,2-5,8H2,1H3. The van der Waals surface area contributed by atoms with Crippen LogP contribution in [0.15, 0.2) is 12.1 Å². The summed E-state index contributed by atoms with van der Waals surface area (Å²) in [6.45, 7) is 2.38. The number of Topliss-reactive ketones (excluding diaryl/α,β-unsaturated/α-hetero) is 1. The summed E-state index contributed by atoms with van der Waals surface area (Å²) in [5.41, 5.74) is 0.405. The highest BCUT2D eigenvalue weighted by molar-refractivity contribution is 6.32. The molecule has 1 aliphatic heterocycles. The van der Waals surface area contributed by atoms with Gasteiger partial charge in [-0.25, -0.2) is 0 Å². The van der Waals surface area contributed by atoms with Crippen LogP contribution in [0.1, 0.15) is 36.5 Å². The minimum absolute atomic E-state index is 0.0604. The molecule has 6 heteroatoms. The summed E-state index contributed by atoms with van der Waals surface area (Å²) in [6.07, 6.45) is 0.904. The zero-order chi connectivity index (χ0) is 14.5. The third kappa shape index (κ3) is 3.42. The van der Waals surface area contributed by atoms with Gasteiger partial charge in [-0.1, -0.05) is 18.5 Å². The van der Waals surface area contributed by atoms with Crippen LogP contribution >= 0.6 is 11.6 Å². The molecular formula is C14H15ClO5. The van der Waals surface area contributed by atoms with Crippen molar-refractivity contribution in [2.24, 2.45) is 0 Å². The number of halogens is 1. The Labute approximate surface area is 121 Å². The van der Waals surface area contributed by atoms with E-state index in [1.54, 1.807) is 6.07 Å². The van der Waals surface area contributed by atoms with E-state index in [4.69, 9.17) is 25.8 Å². The maximum atomic E-state index is 12.0. The molecule has 0 aliphatic carbocycles. The highest BCUT2D eigenvalue weighted by atomic mass is 35.5. The molecule has 0 atom stereocenters. The highest BCUT2D eigenvalue weighted by Gasteiger charge is 2.21. The minimum atomic E-state index is -0.368. The fraction of sp³-hybridized carbons (Fsp3) is 0.429. The minimum Gasteiger partial charge on any atom is -0.466 e. The Bertz CT molecular complexity index is 527. The molecule has 0 spiro atoms. The van der Waals surface area contributed by atoms with E-state index in [9.17, 15) is 9.59 Å². The van der Waals surface area contributed by atoms with Gasteiger partial charge in [-0.2, -0.15) is 0 Å². The monoisotopic (exact) mass is 298 g/mol. The highest BCUT2D eigenvalue weighted by Crippen LogP contribution is 2.40. The molecule has 1 aromatic rings. The third-order valence-electron chi connectivity index (χ3n) is 2.77. The first-order valence-corrected chi connectivity index (χ1v) is 6.77. The Balaban J connectivity index is 1.96. The zero-order valence-electron chi connectivity index (χ0n) is 11.1. The molecular weight excluding hydrogens is 284 g/mol. The number of hydrogen-bond donors (Lipinski definition) is 0. The summed E-state index contributed by atoms with van der Waals surface area (Å²) < 4.78 is 15.3. The van der Waals surface area contributed by atoms with Gasteiger partial charge in [0, 0.05) is 12.0 Å². The summed E-state index contributed by atoms with van der Waals surface area (Å²) in [7, 11) is 0. The van der Waals surface area contributed by atoms with Gasteiger partial charge in [-0.05, 0) is 18.6 Å². The van der Waals surface area contributed by atoms with Gasteiger partial charge in [0.15, 0.2) is 17.3 Å². The van der Waals surface area contributed by atoms with E-state index in [-0.39, 0.29) is 31.4 Å². The number of benzene rings is 1. The Morgan fingerprint density at radius 1 is 1.30 bits per heavy atom. The molecule has 1 aromatic carbocycles. The van der Waals surface area contributed by atoms with E-state index in [1.807, 2.05) is 6.92 Å². The van der Waals surface area contributed by atoms with Gasteiger partial charge in [-0.15, -0.1) is 0 Å². The van der Waals surface area contributed by atoms with E-state index < -0.39 is 0 Å². The molecule has 0 bridgehead atoms. The average Bonchev–Trinajstić information content (AvgIpc) is 2.91. The third-order valence-corrected chi connectivity index (χ3v) is 3.05. The van der Waals surface area contributed by atoms with E-state index in [0.29, 0.717) is 28.7 Å². The van der Waals surface area contributed by atoms with Crippen molar-refractivity contribution in [2.75, 3.05) is 13.4 Å². The largest absolute Gasteiger partial charge is 0.466 e. The maximum absolute atomic E-state index is 12.0. The zero-order valence-corrected chi connectivity index (χ0v) is 11.9. The van der Waals surface area contributed by atoms with E-state index >= 15 is 0 Å². The number of rotatable bonds is 6. The van der Waals surface area contributed by atoms with Crippen molar-refractivity contribution in [3.8, 4) is 11.5 Å². The van der Waals surface area contributed by atoms with Gasteiger partial charge in [0.1, 0.15) is 0 Å². The maximum Gasteiger partial charge on any atom is 0.306 e. The number of hydrogen-bond acceptors (Lipinski definition) is 5. The smallest absolute Gasteiger partial charge is 0.306 e. The average molecular weight is 299 g/mol. The molecule has 0 saturated carbocycles. The normalized spacial score (nSPS) is 12.3. The van der Waals surface area contributed by atoms with Crippen LogP contribution in [0.25, 0.3) is 0 Å². The summed E-state index contributed by atoms with van der Waals surface area (Å²) in [6, 6.07) is 3.10. The molecule has 0 fully saturated rings. The lowest BCUT2D eigenvalue weighted by Gasteiger charge is -2.05. The molecule has 0 aromatic heterocycles. The predicted octanol–water partition coefficient (Wildman–Crippen LogP) is 2.98. The van der Waals surface area contributed by atoms with E-state index in [1.165, 1.54) is 6.07 Å². The molecule has 108 valence electrons. The molecule has 0 unspecified atom stereocenters. The predicted molar refractivity (Wildman–Crippen MR) is 72.4 cm³/mol. The van der Waals surface area contributed by atoms with Crippen LogP contribution in [0.4, 0.5) is 0 Å². The van der Waals surface area contributed by atoms with Crippen molar-refractivity contribution >= 4 is 23.4 Å². The number of ether oxygens (including phenoxy) is 3. The quantitative estimate of drug-likeness (QED) is 0.597. The first-order chi connectivity index (χ1) is 9.61. The summed E-state index contributed by atoms with van der Waals surface area (Å²) in [4.78, 5) is 23.4. The second kappa shape index (κ2) is 6.61. The second-order valence-corrected chi connectivity index (χ2v) is 4.74. The molecule has 20 heavy (non-hydrogen) atoms. The summed E-state index contributed by atoms with van der Waals surface area (Å²) in [5, 5.41) is 0.330. The van der Waals surface area contributed by atoms with Crippen LogP contribution < -0.4 is 9.47 Å². The Morgan fingerprint density at radius 2 is 2.10 bits per heavy atom. The number of fused-ring (bicyclic) bond motifs is 1. The van der Waals surface area contributed by atoms with Crippen LogP contribution in [-0.4, -0.2) is 25.2 Å². The van der Waals surface area contributed by atoms with Gasteiger partial charge in [0.2, 0.25) is 6.79 Å². The van der Waals surface area contributed by atoms with E-state index in [0.717, 1.165) is 6.42 Å². The fourth-order valence-electron chi connectivity index (χ4n) is 1.78. The van der Waals surface area contributed by atoms with Crippen LogP contribution in [-0.2, 0) is 9.53 Å². The Kier molecular flexibility index (Phi) is 4.84.